The molecule has 0 aliphatic rings. The quantitative estimate of drug-likeness (QED) is 0.605. The van der Waals surface area contributed by atoms with Crippen LogP contribution in [0.5, 0.6) is 5.75 Å². The van der Waals surface area contributed by atoms with E-state index in [4.69, 9.17) is 4.74 Å². The molecular formula is C19H16FN5O. The van der Waals surface area contributed by atoms with E-state index in [9.17, 15) is 4.39 Å². The summed E-state index contributed by atoms with van der Waals surface area (Å²) in [6, 6.07) is 12.9. The minimum absolute atomic E-state index is 0.212. The zero-order valence-electron chi connectivity index (χ0n) is 14.3. The van der Waals surface area contributed by atoms with Crippen LogP contribution in [0.15, 0.2) is 54.9 Å². The third kappa shape index (κ3) is 2.95. The van der Waals surface area contributed by atoms with Gasteiger partial charge < -0.3 is 10.1 Å². The monoisotopic (exact) mass is 349 g/mol. The molecule has 130 valence electrons. The molecule has 26 heavy (non-hydrogen) atoms. The molecular weight excluding hydrogens is 333 g/mol. The van der Waals surface area contributed by atoms with Gasteiger partial charge >= 0.3 is 0 Å². The van der Waals surface area contributed by atoms with Crippen LogP contribution < -0.4 is 10.1 Å². The zero-order chi connectivity index (χ0) is 18.1. The largest absolute Gasteiger partial charge is 0.497 e. The lowest BCUT2D eigenvalue weighted by atomic mass is 10.1. The molecule has 0 bridgehead atoms. The SMILES string of the molecule is COc1cccc(-c2nc(Nc3ccc4c(cnn4C)c3)ncc2F)c1. The number of aromatic nitrogens is 4. The minimum Gasteiger partial charge on any atom is -0.497 e. The van der Waals surface area contributed by atoms with Gasteiger partial charge in [-0.25, -0.2) is 14.4 Å². The first-order valence-electron chi connectivity index (χ1n) is 8.00. The van der Waals surface area contributed by atoms with Gasteiger partial charge in [0.2, 0.25) is 5.95 Å². The normalized spacial score (nSPS) is 10.9. The number of benzene rings is 2. The number of methoxy groups -OCH3 is 1. The summed E-state index contributed by atoms with van der Waals surface area (Å²) in [5, 5.41) is 8.33. The molecule has 4 aromatic rings. The first kappa shape index (κ1) is 16.0. The summed E-state index contributed by atoms with van der Waals surface area (Å²) in [6.45, 7) is 0. The number of hydrogen-bond donors (Lipinski definition) is 1. The fourth-order valence-electron chi connectivity index (χ4n) is 2.77. The van der Waals surface area contributed by atoms with Gasteiger partial charge in [0.05, 0.1) is 25.0 Å². The Morgan fingerprint density at radius 3 is 2.85 bits per heavy atom. The van der Waals surface area contributed by atoms with Crippen LogP contribution in [-0.4, -0.2) is 26.9 Å². The summed E-state index contributed by atoms with van der Waals surface area (Å²) in [7, 11) is 3.45. The smallest absolute Gasteiger partial charge is 0.227 e. The summed E-state index contributed by atoms with van der Waals surface area (Å²) < 4.78 is 21.2. The molecule has 1 N–H and O–H groups in total. The van der Waals surface area contributed by atoms with Crippen molar-refractivity contribution in [2.24, 2.45) is 7.05 Å². The number of halogens is 1. The van der Waals surface area contributed by atoms with Gasteiger partial charge in [0.1, 0.15) is 11.4 Å². The van der Waals surface area contributed by atoms with E-state index in [0.717, 1.165) is 22.8 Å². The van der Waals surface area contributed by atoms with E-state index in [-0.39, 0.29) is 5.69 Å². The lowest BCUT2D eigenvalue weighted by Crippen LogP contribution is -2.00. The molecule has 2 aromatic carbocycles. The Morgan fingerprint density at radius 1 is 1.12 bits per heavy atom. The molecule has 6 nitrogen and oxygen atoms in total. The Labute approximate surface area is 149 Å². The second kappa shape index (κ2) is 6.44. The van der Waals surface area contributed by atoms with Crippen molar-refractivity contribution in [1.29, 1.82) is 0 Å². The van der Waals surface area contributed by atoms with Crippen molar-refractivity contribution in [1.82, 2.24) is 19.7 Å². The van der Waals surface area contributed by atoms with Crippen LogP contribution in [0.2, 0.25) is 0 Å². The van der Waals surface area contributed by atoms with E-state index in [2.05, 4.69) is 20.4 Å². The molecule has 0 saturated carbocycles. The van der Waals surface area contributed by atoms with Gasteiger partial charge in [0.15, 0.2) is 5.82 Å². The maximum absolute atomic E-state index is 14.2. The molecule has 0 aliphatic carbocycles. The van der Waals surface area contributed by atoms with Crippen LogP contribution in [0.1, 0.15) is 0 Å². The second-order valence-corrected chi connectivity index (χ2v) is 5.79. The van der Waals surface area contributed by atoms with Gasteiger partial charge in [-0.3, -0.25) is 4.68 Å². The van der Waals surface area contributed by atoms with E-state index in [0.29, 0.717) is 17.3 Å². The standard InChI is InChI=1S/C19H16FN5O/c1-25-17-7-6-14(8-13(17)10-22-25)23-19-21-11-16(20)18(24-19)12-4-3-5-15(9-12)26-2/h3-11H,1-2H3,(H,21,23,24). The Bertz CT molecular complexity index is 1090. The topological polar surface area (TPSA) is 64.9 Å². The van der Waals surface area contributed by atoms with Crippen molar-refractivity contribution in [2.45, 2.75) is 0 Å². The molecule has 0 amide bonds. The van der Waals surface area contributed by atoms with Gasteiger partial charge in [0.25, 0.3) is 0 Å². The van der Waals surface area contributed by atoms with Crippen LogP contribution in [0.25, 0.3) is 22.2 Å². The molecule has 7 heteroatoms. The molecule has 0 radical (unpaired) electrons. The van der Waals surface area contributed by atoms with Crippen molar-refractivity contribution in [3.8, 4) is 17.0 Å². The molecule has 0 atom stereocenters. The predicted molar refractivity (Wildman–Crippen MR) is 98.0 cm³/mol. The van der Waals surface area contributed by atoms with Gasteiger partial charge in [-0.15, -0.1) is 0 Å². The van der Waals surface area contributed by atoms with Gasteiger partial charge in [-0.1, -0.05) is 12.1 Å². The van der Waals surface area contributed by atoms with Crippen molar-refractivity contribution >= 4 is 22.5 Å². The fourth-order valence-corrected chi connectivity index (χ4v) is 2.77. The van der Waals surface area contributed by atoms with Crippen LogP contribution in [0.4, 0.5) is 16.0 Å². The number of fused-ring (bicyclic) bond motifs is 1. The summed E-state index contributed by atoms with van der Waals surface area (Å²) in [5.74, 6) is 0.455. The van der Waals surface area contributed by atoms with E-state index in [1.165, 1.54) is 0 Å². The molecule has 0 spiro atoms. The van der Waals surface area contributed by atoms with Crippen molar-refractivity contribution in [2.75, 3.05) is 12.4 Å². The number of aryl methyl sites for hydroxylation is 1. The number of anilines is 2. The highest BCUT2D eigenvalue weighted by atomic mass is 19.1. The van der Waals surface area contributed by atoms with Gasteiger partial charge in [-0.05, 0) is 30.3 Å². The Kier molecular flexibility index (Phi) is 3.96. The highest BCUT2D eigenvalue weighted by molar-refractivity contribution is 5.83. The molecule has 2 heterocycles. The first-order valence-corrected chi connectivity index (χ1v) is 8.00. The number of nitrogens with one attached hydrogen (secondary N) is 1. The molecule has 0 unspecified atom stereocenters. The third-order valence-electron chi connectivity index (χ3n) is 4.09. The number of nitrogens with zero attached hydrogens (tertiary/aromatic N) is 4. The van der Waals surface area contributed by atoms with E-state index >= 15 is 0 Å². The number of ether oxygens (including phenoxy) is 1. The number of rotatable bonds is 4. The Balaban J connectivity index is 1.68. The van der Waals surface area contributed by atoms with Gasteiger partial charge in [-0.2, -0.15) is 5.10 Å². The molecule has 0 fully saturated rings. The summed E-state index contributed by atoms with van der Waals surface area (Å²) >= 11 is 0. The Morgan fingerprint density at radius 2 is 2.00 bits per heavy atom. The van der Waals surface area contributed by atoms with Crippen molar-refractivity contribution in [3.63, 3.8) is 0 Å². The van der Waals surface area contributed by atoms with Crippen molar-refractivity contribution < 1.29 is 9.13 Å². The fraction of sp³-hybridized carbons (Fsp3) is 0.105. The zero-order valence-corrected chi connectivity index (χ0v) is 14.3. The van der Waals surface area contributed by atoms with Crippen molar-refractivity contribution in [3.05, 3.63) is 60.7 Å². The summed E-state index contributed by atoms with van der Waals surface area (Å²) in [5.41, 5.74) is 2.65. The molecule has 0 aliphatic heterocycles. The van der Waals surface area contributed by atoms with Crippen LogP contribution in [-0.2, 0) is 7.05 Å². The van der Waals surface area contributed by atoms with E-state index < -0.39 is 5.82 Å². The summed E-state index contributed by atoms with van der Waals surface area (Å²) in [4.78, 5) is 8.36. The number of hydrogen-bond acceptors (Lipinski definition) is 5. The lowest BCUT2D eigenvalue weighted by Gasteiger charge is -2.09. The van der Waals surface area contributed by atoms with E-state index in [1.54, 1.807) is 42.3 Å². The maximum atomic E-state index is 14.2. The van der Waals surface area contributed by atoms with Crippen LogP contribution in [0, 0.1) is 5.82 Å². The summed E-state index contributed by atoms with van der Waals surface area (Å²) in [6.07, 6.45) is 2.94. The second-order valence-electron chi connectivity index (χ2n) is 5.79. The highest BCUT2D eigenvalue weighted by Crippen LogP contribution is 2.26. The maximum Gasteiger partial charge on any atom is 0.227 e. The minimum atomic E-state index is -0.494. The van der Waals surface area contributed by atoms with Crippen LogP contribution >= 0.6 is 0 Å². The molecule has 2 aromatic heterocycles. The molecule has 4 rings (SSSR count). The average Bonchev–Trinajstić information content (AvgIpc) is 3.04. The van der Waals surface area contributed by atoms with E-state index in [1.807, 2.05) is 25.2 Å². The lowest BCUT2D eigenvalue weighted by molar-refractivity contribution is 0.415. The Hall–Kier alpha value is -3.48. The average molecular weight is 349 g/mol. The van der Waals surface area contributed by atoms with Crippen LogP contribution in [0.3, 0.4) is 0 Å². The molecule has 0 saturated heterocycles. The third-order valence-corrected chi connectivity index (χ3v) is 4.09. The van der Waals surface area contributed by atoms with Gasteiger partial charge in [0, 0.05) is 23.7 Å². The first-order chi connectivity index (χ1) is 12.6. The highest BCUT2D eigenvalue weighted by Gasteiger charge is 2.11. The predicted octanol–water partition coefficient (Wildman–Crippen LogP) is 3.92.